The van der Waals surface area contributed by atoms with E-state index >= 15 is 0 Å². The lowest BCUT2D eigenvalue weighted by Crippen LogP contribution is -2.28. The lowest BCUT2D eigenvalue weighted by molar-refractivity contribution is -0.121. The van der Waals surface area contributed by atoms with Crippen molar-refractivity contribution in [2.45, 2.75) is 19.4 Å². The van der Waals surface area contributed by atoms with Crippen LogP contribution in [-0.2, 0) is 11.2 Å². The summed E-state index contributed by atoms with van der Waals surface area (Å²) >= 11 is 11.9. The number of halogens is 2. The fourth-order valence-corrected chi connectivity index (χ4v) is 2.25. The summed E-state index contributed by atoms with van der Waals surface area (Å²) in [7, 11) is 0. The standard InChI is InChI=1S/C16H15Cl2NO/c1-11(13-7-8-14(17)15(18)10-13)19-16(20)9-12-5-3-2-4-6-12/h2-8,10-11H,9H2,1H3,(H,19,20)/t11-/m1/s1. The van der Waals surface area contributed by atoms with Crippen molar-refractivity contribution in [2.75, 3.05) is 0 Å². The number of hydrogen-bond donors (Lipinski definition) is 1. The Morgan fingerprint density at radius 2 is 1.80 bits per heavy atom. The Balaban J connectivity index is 1.98. The summed E-state index contributed by atoms with van der Waals surface area (Å²) in [5, 5.41) is 3.96. The highest BCUT2D eigenvalue weighted by Crippen LogP contribution is 2.25. The van der Waals surface area contributed by atoms with Crippen LogP contribution in [0.5, 0.6) is 0 Å². The predicted molar refractivity (Wildman–Crippen MR) is 83.2 cm³/mol. The third-order valence-corrected chi connectivity index (χ3v) is 3.77. The molecular weight excluding hydrogens is 293 g/mol. The zero-order chi connectivity index (χ0) is 14.5. The molecule has 20 heavy (non-hydrogen) atoms. The highest BCUT2D eigenvalue weighted by Gasteiger charge is 2.11. The molecule has 2 aromatic carbocycles. The summed E-state index contributed by atoms with van der Waals surface area (Å²) in [4.78, 5) is 12.0. The first-order valence-corrected chi connectivity index (χ1v) is 7.10. The van der Waals surface area contributed by atoms with Gasteiger partial charge in [0.15, 0.2) is 0 Å². The number of nitrogens with one attached hydrogen (secondary N) is 1. The van der Waals surface area contributed by atoms with Crippen molar-refractivity contribution in [1.82, 2.24) is 5.32 Å². The Kier molecular flexibility index (Phi) is 5.05. The van der Waals surface area contributed by atoms with Crippen LogP contribution in [0.15, 0.2) is 48.5 Å². The number of carbonyl (C=O) groups excluding carboxylic acids is 1. The predicted octanol–water partition coefficient (Wildman–Crippen LogP) is 4.41. The molecule has 0 spiro atoms. The first-order valence-electron chi connectivity index (χ1n) is 6.34. The van der Waals surface area contributed by atoms with Gasteiger partial charge in [0, 0.05) is 0 Å². The van der Waals surface area contributed by atoms with Gasteiger partial charge >= 0.3 is 0 Å². The van der Waals surface area contributed by atoms with Crippen molar-refractivity contribution in [1.29, 1.82) is 0 Å². The van der Waals surface area contributed by atoms with Gasteiger partial charge in [0.1, 0.15) is 0 Å². The van der Waals surface area contributed by atoms with Crippen LogP contribution in [0.2, 0.25) is 10.0 Å². The quantitative estimate of drug-likeness (QED) is 0.890. The van der Waals surface area contributed by atoms with E-state index < -0.39 is 0 Å². The zero-order valence-electron chi connectivity index (χ0n) is 11.1. The second-order valence-electron chi connectivity index (χ2n) is 4.63. The summed E-state index contributed by atoms with van der Waals surface area (Å²) in [6, 6.07) is 14.9. The van der Waals surface area contributed by atoms with Crippen LogP contribution in [0.1, 0.15) is 24.1 Å². The highest BCUT2D eigenvalue weighted by atomic mass is 35.5. The molecule has 0 bridgehead atoms. The van der Waals surface area contributed by atoms with Gasteiger partial charge in [-0.15, -0.1) is 0 Å². The molecule has 0 radical (unpaired) electrons. The summed E-state index contributed by atoms with van der Waals surface area (Å²) in [6.07, 6.45) is 0.368. The average Bonchev–Trinajstić information content (AvgIpc) is 2.42. The van der Waals surface area contributed by atoms with Crippen molar-refractivity contribution in [3.05, 3.63) is 69.7 Å². The lowest BCUT2D eigenvalue weighted by Gasteiger charge is -2.15. The molecule has 0 aliphatic heterocycles. The minimum absolute atomic E-state index is 0.0187. The molecule has 2 rings (SSSR count). The van der Waals surface area contributed by atoms with E-state index in [0.29, 0.717) is 16.5 Å². The molecule has 1 N–H and O–H groups in total. The smallest absolute Gasteiger partial charge is 0.224 e. The molecule has 0 unspecified atom stereocenters. The summed E-state index contributed by atoms with van der Waals surface area (Å²) in [6.45, 7) is 1.92. The third-order valence-electron chi connectivity index (χ3n) is 3.03. The summed E-state index contributed by atoms with van der Waals surface area (Å²) < 4.78 is 0. The number of benzene rings is 2. The molecule has 4 heteroatoms. The van der Waals surface area contributed by atoms with E-state index in [2.05, 4.69) is 5.32 Å². The maximum atomic E-state index is 12.0. The monoisotopic (exact) mass is 307 g/mol. The van der Waals surface area contributed by atoms with Crippen LogP contribution >= 0.6 is 23.2 Å². The molecule has 1 atom stereocenters. The first-order chi connectivity index (χ1) is 9.56. The van der Waals surface area contributed by atoms with Crippen molar-refractivity contribution >= 4 is 29.1 Å². The van der Waals surface area contributed by atoms with Crippen molar-refractivity contribution < 1.29 is 4.79 Å². The fraction of sp³-hybridized carbons (Fsp3) is 0.188. The van der Waals surface area contributed by atoms with E-state index in [9.17, 15) is 4.79 Å². The Morgan fingerprint density at radius 3 is 2.45 bits per heavy atom. The number of carbonyl (C=O) groups is 1. The maximum Gasteiger partial charge on any atom is 0.224 e. The van der Waals surface area contributed by atoms with Gasteiger partial charge in [-0.3, -0.25) is 4.79 Å². The molecule has 0 aliphatic carbocycles. The molecule has 0 saturated carbocycles. The Labute approximate surface area is 128 Å². The number of hydrogen-bond acceptors (Lipinski definition) is 1. The summed E-state index contributed by atoms with van der Waals surface area (Å²) in [5.74, 6) is -0.0187. The van der Waals surface area contributed by atoms with Gasteiger partial charge in [-0.05, 0) is 30.2 Å². The molecule has 2 nitrogen and oxygen atoms in total. The second-order valence-corrected chi connectivity index (χ2v) is 5.44. The van der Waals surface area contributed by atoms with E-state index in [4.69, 9.17) is 23.2 Å². The van der Waals surface area contributed by atoms with E-state index in [-0.39, 0.29) is 11.9 Å². The molecule has 0 saturated heterocycles. The molecule has 0 heterocycles. The maximum absolute atomic E-state index is 12.0. The third kappa shape index (κ3) is 3.99. The van der Waals surface area contributed by atoms with Gasteiger partial charge in [-0.25, -0.2) is 0 Å². The topological polar surface area (TPSA) is 29.1 Å². The Bertz CT molecular complexity index is 599. The van der Waals surface area contributed by atoms with Gasteiger partial charge < -0.3 is 5.32 Å². The van der Waals surface area contributed by atoms with Crippen LogP contribution in [0, 0.1) is 0 Å². The fourth-order valence-electron chi connectivity index (χ4n) is 1.94. The van der Waals surface area contributed by atoms with Crippen LogP contribution in [-0.4, -0.2) is 5.91 Å². The van der Waals surface area contributed by atoms with Gasteiger partial charge in [-0.1, -0.05) is 59.6 Å². The number of amides is 1. The normalized spacial score (nSPS) is 11.9. The molecule has 1 amide bonds. The Hall–Kier alpha value is -1.51. The van der Waals surface area contributed by atoms with Gasteiger partial charge in [0.25, 0.3) is 0 Å². The van der Waals surface area contributed by atoms with Crippen molar-refractivity contribution in [3.8, 4) is 0 Å². The SMILES string of the molecule is C[C@@H](NC(=O)Cc1ccccc1)c1ccc(Cl)c(Cl)c1. The van der Waals surface area contributed by atoms with Crippen LogP contribution < -0.4 is 5.32 Å². The van der Waals surface area contributed by atoms with E-state index in [1.165, 1.54) is 0 Å². The van der Waals surface area contributed by atoms with Crippen LogP contribution in [0.25, 0.3) is 0 Å². The van der Waals surface area contributed by atoms with Crippen molar-refractivity contribution in [2.24, 2.45) is 0 Å². The highest BCUT2D eigenvalue weighted by molar-refractivity contribution is 6.42. The molecule has 0 aliphatic rings. The van der Waals surface area contributed by atoms with Gasteiger partial charge in [0.05, 0.1) is 22.5 Å². The molecule has 104 valence electrons. The Morgan fingerprint density at radius 1 is 1.10 bits per heavy atom. The van der Waals surface area contributed by atoms with Crippen molar-refractivity contribution in [3.63, 3.8) is 0 Å². The van der Waals surface area contributed by atoms with Crippen LogP contribution in [0.3, 0.4) is 0 Å². The van der Waals surface area contributed by atoms with E-state index in [1.807, 2.05) is 43.3 Å². The van der Waals surface area contributed by atoms with Gasteiger partial charge in [0.2, 0.25) is 5.91 Å². The van der Waals surface area contributed by atoms with E-state index in [0.717, 1.165) is 11.1 Å². The molecule has 2 aromatic rings. The second kappa shape index (κ2) is 6.78. The minimum atomic E-state index is -0.110. The van der Waals surface area contributed by atoms with Crippen LogP contribution in [0.4, 0.5) is 0 Å². The molecule has 0 fully saturated rings. The molecular formula is C16H15Cl2NO. The zero-order valence-corrected chi connectivity index (χ0v) is 12.6. The molecule has 0 aromatic heterocycles. The first kappa shape index (κ1) is 14.9. The minimum Gasteiger partial charge on any atom is -0.349 e. The largest absolute Gasteiger partial charge is 0.349 e. The lowest BCUT2D eigenvalue weighted by atomic mass is 10.1. The van der Waals surface area contributed by atoms with Gasteiger partial charge in [-0.2, -0.15) is 0 Å². The number of rotatable bonds is 4. The van der Waals surface area contributed by atoms with E-state index in [1.54, 1.807) is 12.1 Å². The average molecular weight is 308 g/mol. The summed E-state index contributed by atoms with van der Waals surface area (Å²) in [5.41, 5.74) is 1.92.